The molecule has 2 aromatic rings. The van der Waals surface area contributed by atoms with Gasteiger partial charge in [-0.1, -0.05) is 11.6 Å². The van der Waals surface area contributed by atoms with Crippen LogP contribution in [-0.4, -0.2) is 17.4 Å². The fraction of sp³-hybridized carbons (Fsp3) is 0.143. The topological polar surface area (TPSA) is 54.0 Å². The van der Waals surface area contributed by atoms with Crippen LogP contribution in [0, 0.1) is 11.6 Å². The van der Waals surface area contributed by atoms with Crippen molar-refractivity contribution in [1.29, 1.82) is 0 Å². The number of carbonyl (C=O) groups is 1. The highest BCUT2D eigenvalue weighted by Crippen LogP contribution is 2.19. The predicted molar refractivity (Wildman–Crippen MR) is 77.7 cm³/mol. The van der Waals surface area contributed by atoms with E-state index in [1.807, 2.05) is 6.92 Å². The number of halogens is 3. The maximum atomic E-state index is 13.1. The van der Waals surface area contributed by atoms with Crippen molar-refractivity contribution in [2.24, 2.45) is 0 Å². The van der Waals surface area contributed by atoms with Crippen LogP contribution in [0.5, 0.6) is 0 Å². The van der Waals surface area contributed by atoms with Crippen LogP contribution >= 0.6 is 11.6 Å². The molecule has 0 aliphatic rings. The van der Waals surface area contributed by atoms with E-state index in [0.717, 1.165) is 12.1 Å². The number of benzene rings is 1. The van der Waals surface area contributed by atoms with E-state index in [0.29, 0.717) is 12.4 Å². The van der Waals surface area contributed by atoms with Crippen LogP contribution in [0.15, 0.2) is 30.3 Å². The minimum Gasteiger partial charge on any atom is -0.370 e. The molecule has 0 saturated heterocycles. The molecule has 0 bridgehead atoms. The second-order valence-corrected chi connectivity index (χ2v) is 4.55. The Kier molecular flexibility index (Phi) is 4.70. The van der Waals surface area contributed by atoms with Gasteiger partial charge in [-0.15, -0.1) is 0 Å². The van der Waals surface area contributed by atoms with Gasteiger partial charge in [0.05, 0.1) is 5.02 Å². The molecule has 1 heterocycles. The zero-order chi connectivity index (χ0) is 15.4. The molecule has 0 radical (unpaired) electrons. The summed E-state index contributed by atoms with van der Waals surface area (Å²) in [7, 11) is 0. The van der Waals surface area contributed by atoms with E-state index in [4.69, 9.17) is 11.6 Å². The van der Waals surface area contributed by atoms with E-state index in [1.54, 1.807) is 6.07 Å². The van der Waals surface area contributed by atoms with Crippen molar-refractivity contribution in [2.75, 3.05) is 17.2 Å². The van der Waals surface area contributed by atoms with Gasteiger partial charge in [-0.2, -0.15) is 0 Å². The summed E-state index contributed by atoms with van der Waals surface area (Å²) < 4.78 is 25.9. The molecule has 0 aliphatic carbocycles. The van der Waals surface area contributed by atoms with E-state index in [9.17, 15) is 13.6 Å². The monoisotopic (exact) mass is 311 g/mol. The van der Waals surface area contributed by atoms with Crippen LogP contribution in [0.4, 0.5) is 20.3 Å². The molecule has 7 heteroatoms. The lowest BCUT2D eigenvalue weighted by Crippen LogP contribution is -2.15. The van der Waals surface area contributed by atoms with Crippen LogP contribution in [0.1, 0.15) is 17.4 Å². The summed E-state index contributed by atoms with van der Waals surface area (Å²) in [5.74, 6) is -2.14. The van der Waals surface area contributed by atoms with E-state index in [2.05, 4.69) is 15.6 Å². The Morgan fingerprint density at radius 3 is 2.67 bits per heavy atom. The fourth-order valence-electron chi connectivity index (χ4n) is 1.65. The van der Waals surface area contributed by atoms with Crippen LogP contribution < -0.4 is 10.6 Å². The Labute approximate surface area is 125 Å². The number of carbonyl (C=O) groups excluding carboxylic acids is 1. The first-order valence-electron chi connectivity index (χ1n) is 6.18. The Morgan fingerprint density at radius 1 is 1.24 bits per heavy atom. The molecule has 0 saturated carbocycles. The van der Waals surface area contributed by atoms with E-state index in [1.165, 1.54) is 12.1 Å². The second kappa shape index (κ2) is 6.49. The number of nitrogens with one attached hydrogen (secondary N) is 2. The third kappa shape index (κ3) is 3.66. The van der Waals surface area contributed by atoms with Crippen LogP contribution in [0.2, 0.25) is 5.02 Å². The molecule has 1 amide bonds. The van der Waals surface area contributed by atoms with Crippen molar-refractivity contribution in [3.63, 3.8) is 0 Å². The average molecular weight is 312 g/mol. The Hall–Kier alpha value is -2.21. The number of hydrogen-bond donors (Lipinski definition) is 2. The van der Waals surface area contributed by atoms with Crippen molar-refractivity contribution in [3.8, 4) is 0 Å². The largest absolute Gasteiger partial charge is 0.370 e. The van der Waals surface area contributed by atoms with Gasteiger partial charge in [-0.05, 0) is 31.2 Å². The normalized spacial score (nSPS) is 10.3. The molecule has 2 rings (SSSR count). The summed E-state index contributed by atoms with van der Waals surface area (Å²) in [6, 6.07) is 6.23. The molecule has 2 N–H and O–H groups in total. The van der Waals surface area contributed by atoms with Crippen LogP contribution in [0.25, 0.3) is 0 Å². The van der Waals surface area contributed by atoms with Gasteiger partial charge in [0.1, 0.15) is 11.5 Å². The van der Waals surface area contributed by atoms with E-state index >= 15 is 0 Å². The Morgan fingerprint density at radius 2 is 2.00 bits per heavy atom. The SMILES string of the molecule is CCNc1ccc(Cl)c(C(=O)Nc2ccc(F)c(F)c2)n1. The number of nitrogens with zero attached hydrogens (tertiary/aromatic N) is 1. The highest BCUT2D eigenvalue weighted by molar-refractivity contribution is 6.34. The number of anilines is 2. The van der Waals surface area contributed by atoms with Gasteiger partial charge in [0.25, 0.3) is 5.91 Å². The summed E-state index contributed by atoms with van der Waals surface area (Å²) in [6.07, 6.45) is 0. The lowest BCUT2D eigenvalue weighted by Gasteiger charge is -2.09. The molecule has 0 aliphatic heterocycles. The van der Waals surface area contributed by atoms with Gasteiger partial charge in [0, 0.05) is 18.3 Å². The summed E-state index contributed by atoms with van der Waals surface area (Å²) >= 11 is 5.93. The molecule has 4 nitrogen and oxygen atoms in total. The third-order valence-electron chi connectivity index (χ3n) is 2.60. The molecule has 1 aromatic heterocycles. The van der Waals surface area contributed by atoms with E-state index < -0.39 is 17.5 Å². The Balaban J connectivity index is 2.23. The molecule has 21 heavy (non-hydrogen) atoms. The van der Waals surface area contributed by atoms with Gasteiger partial charge < -0.3 is 10.6 Å². The molecular formula is C14H12ClF2N3O. The lowest BCUT2D eigenvalue weighted by atomic mass is 10.2. The number of rotatable bonds is 4. The minimum atomic E-state index is -1.05. The molecule has 0 fully saturated rings. The first-order chi connectivity index (χ1) is 10.0. The molecule has 0 spiro atoms. The molecule has 0 unspecified atom stereocenters. The van der Waals surface area contributed by atoms with Gasteiger partial charge in [0.2, 0.25) is 0 Å². The fourth-order valence-corrected chi connectivity index (χ4v) is 1.84. The molecule has 1 aromatic carbocycles. The standard InChI is InChI=1S/C14H12ClF2N3O/c1-2-18-12-6-4-9(15)13(20-12)14(21)19-8-3-5-10(16)11(17)7-8/h3-7H,2H2,1H3,(H,18,20)(H,19,21). The summed E-state index contributed by atoms with van der Waals surface area (Å²) in [4.78, 5) is 16.2. The highest BCUT2D eigenvalue weighted by Gasteiger charge is 2.14. The molecule has 110 valence electrons. The highest BCUT2D eigenvalue weighted by atomic mass is 35.5. The van der Waals surface area contributed by atoms with Crippen molar-refractivity contribution in [3.05, 3.63) is 52.7 Å². The molecule has 0 atom stereocenters. The maximum Gasteiger partial charge on any atom is 0.275 e. The van der Waals surface area contributed by atoms with Crippen molar-refractivity contribution < 1.29 is 13.6 Å². The average Bonchev–Trinajstić information content (AvgIpc) is 2.45. The lowest BCUT2D eigenvalue weighted by molar-refractivity contribution is 0.102. The van der Waals surface area contributed by atoms with Crippen LogP contribution in [-0.2, 0) is 0 Å². The zero-order valence-corrected chi connectivity index (χ0v) is 11.8. The zero-order valence-electron chi connectivity index (χ0n) is 11.1. The number of hydrogen-bond acceptors (Lipinski definition) is 3. The van der Waals surface area contributed by atoms with Gasteiger partial charge in [0.15, 0.2) is 11.6 Å². The second-order valence-electron chi connectivity index (χ2n) is 4.14. The number of pyridine rings is 1. The van der Waals surface area contributed by atoms with Gasteiger partial charge in [-0.3, -0.25) is 4.79 Å². The van der Waals surface area contributed by atoms with Gasteiger partial charge in [-0.25, -0.2) is 13.8 Å². The van der Waals surface area contributed by atoms with E-state index in [-0.39, 0.29) is 16.4 Å². The first kappa shape index (κ1) is 15.2. The van der Waals surface area contributed by atoms with Crippen molar-refractivity contribution in [1.82, 2.24) is 4.98 Å². The predicted octanol–water partition coefficient (Wildman–Crippen LogP) is 3.70. The van der Waals surface area contributed by atoms with Crippen molar-refractivity contribution >= 4 is 29.0 Å². The third-order valence-corrected chi connectivity index (χ3v) is 2.90. The molecular weight excluding hydrogens is 300 g/mol. The number of aromatic nitrogens is 1. The quantitative estimate of drug-likeness (QED) is 0.905. The van der Waals surface area contributed by atoms with Crippen molar-refractivity contribution in [2.45, 2.75) is 6.92 Å². The summed E-state index contributed by atoms with van der Waals surface area (Å²) in [6.45, 7) is 2.52. The summed E-state index contributed by atoms with van der Waals surface area (Å²) in [5.41, 5.74) is 0.116. The summed E-state index contributed by atoms with van der Waals surface area (Å²) in [5, 5.41) is 5.53. The van der Waals surface area contributed by atoms with Gasteiger partial charge >= 0.3 is 0 Å². The maximum absolute atomic E-state index is 13.1. The number of amides is 1. The Bertz CT molecular complexity index is 679. The smallest absolute Gasteiger partial charge is 0.275 e. The van der Waals surface area contributed by atoms with Crippen LogP contribution in [0.3, 0.4) is 0 Å². The first-order valence-corrected chi connectivity index (χ1v) is 6.56. The minimum absolute atomic E-state index is 0.000139.